The molecule has 0 aliphatic rings. The number of carbonyl (C=O) groups is 2. The summed E-state index contributed by atoms with van der Waals surface area (Å²) < 4.78 is 0. The molecule has 1 rings (SSSR count). The Bertz CT molecular complexity index is 399. The van der Waals surface area contributed by atoms with Crippen LogP contribution >= 0.6 is 0 Å². The number of urea groups is 1. The van der Waals surface area contributed by atoms with Crippen LogP contribution in [-0.4, -0.2) is 25.9 Å². The van der Waals surface area contributed by atoms with Crippen LogP contribution in [0.4, 0.5) is 10.5 Å². The van der Waals surface area contributed by atoms with Gasteiger partial charge in [0.2, 0.25) is 0 Å². The van der Waals surface area contributed by atoms with E-state index in [-0.39, 0.29) is 6.03 Å². The molecule has 0 saturated carbocycles. The second-order valence-corrected chi connectivity index (χ2v) is 4.41. The van der Waals surface area contributed by atoms with Crippen molar-refractivity contribution in [2.24, 2.45) is 0 Å². The molecule has 1 N–H and O–H groups in total. The first-order chi connectivity index (χ1) is 8.60. The van der Waals surface area contributed by atoms with Crippen LogP contribution in [0.25, 0.3) is 0 Å². The molecule has 4 heteroatoms. The van der Waals surface area contributed by atoms with Crippen molar-refractivity contribution in [3.63, 3.8) is 0 Å². The fraction of sp³-hybridized carbons (Fsp3) is 0.429. The van der Waals surface area contributed by atoms with E-state index in [0.29, 0.717) is 18.9 Å². The molecule has 1 aromatic rings. The summed E-state index contributed by atoms with van der Waals surface area (Å²) in [5.41, 5.74) is 2.03. The van der Waals surface area contributed by atoms with Gasteiger partial charge < -0.3 is 10.1 Å². The van der Waals surface area contributed by atoms with Crippen LogP contribution in [0.3, 0.4) is 0 Å². The van der Waals surface area contributed by atoms with Gasteiger partial charge in [-0.25, -0.2) is 4.79 Å². The number of amides is 2. The Balaban J connectivity index is 2.90. The normalized spacial score (nSPS) is 10.2. The highest BCUT2D eigenvalue weighted by atomic mass is 16.2. The highest BCUT2D eigenvalue weighted by Crippen LogP contribution is 2.20. The molecule has 0 atom stereocenters. The lowest BCUT2D eigenvalue weighted by molar-refractivity contribution is -0.107. The Morgan fingerprint density at radius 2 is 1.94 bits per heavy atom. The number of rotatable bonds is 5. The van der Waals surface area contributed by atoms with Gasteiger partial charge in [-0.2, -0.15) is 0 Å². The third-order valence-corrected chi connectivity index (χ3v) is 2.80. The smallest absolute Gasteiger partial charge is 0.321 e. The Morgan fingerprint density at radius 3 is 2.39 bits per heavy atom. The molecule has 0 unspecified atom stereocenters. The molecular formula is C14H20N2O2. The SMILES string of the molecule is CNC(=O)N(CCC=O)c1ccc(C(C)C)cc1. The van der Waals surface area contributed by atoms with Crippen molar-refractivity contribution in [1.82, 2.24) is 5.32 Å². The molecule has 0 spiro atoms. The molecule has 0 saturated heterocycles. The van der Waals surface area contributed by atoms with Crippen molar-refractivity contribution in [2.75, 3.05) is 18.5 Å². The number of aldehydes is 1. The predicted molar refractivity (Wildman–Crippen MR) is 73.0 cm³/mol. The molecule has 0 aromatic heterocycles. The number of nitrogens with one attached hydrogen (secondary N) is 1. The van der Waals surface area contributed by atoms with E-state index >= 15 is 0 Å². The molecule has 0 heterocycles. The van der Waals surface area contributed by atoms with Crippen LogP contribution in [0.2, 0.25) is 0 Å². The topological polar surface area (TPSA) is 49.4 Å². The standard InChI is InChI=1S/C14H20N2O2/c1-11(2)12-5-7-13(8-6-12)16(9-4-10-17)14(18)15-3/h5-8,10-11H,4,9H2,1-3H3,(H,15,18). The fourth-order valence-corrected chi connectivity index (χ4v) is 1.70. The number of carbonyl (C=O) groups excluding carboxylic acids is 2. The molecule has 1 aromatic carbocycles. The van der Waals surface area contributed by atoms with Gasteiger partial charge in [-0.05, 0) is 23.6 Å². The van der Waals surface area contributed by atoms with Crippen molar-refractivity contribution >= 4 is 18.0 Å². The number of hydrogen-bond acceptors (Lipinski definition) is 2. The zero-order valence-electron chi connectivity index (χ0n) is 11.1. The van der Waals surface area contributed by atoms with Crippen LogP contribution in [0.5, 0.6) is 0 Å². The first kappa shape index (κ1) is 14.2. The Hall–Kier alpha value is -1.84. The summed E-state index contributed by atoms with van der Waals surface area (Å²) in [4.78, 5) is 23.7. The monoisotopic (exact) mass is 248 g/mol. The average Bonchev–Trinajstić information content (AvgIpc) is 2.39. The average molecular weight is 248 g/mol. The number of nitrogens with zero attached hydrogens (tertiary/aromatic N) is 1. The Labute approximate surface area is 108 Å². The van der Waals surface area contributed by atoms with Crippen LogP contribution in [0, 0.1) is 0 Å². The summed E-state index contributed by atoms with van der Waals surface area (Å²) in [6.07, 6.45) is 1.15. The summed E-state index contributed by atoms with van der Waals surface area (Å²) in [7, 11) is 1.58. The van der Waals surface area contributed by atoms with E-state index in [0.717, 1.165) is 12.0 Å². The summed E-state index contributed by atoms with van der Waals surface area (Å²) >= 11 is 0. The molecule has 4 nitrogen and oxygen atoms in total. The van der Waals surface area contributed by atoms with Crippen molar-refractivity contribution in [3.05, 3.63) is 29.8 Å². The van der Waals surface area contributed by atoms with Gasteiger partial charge in [-0.15, -0.1) is 0 Å². The van der Waals surface area contributed by atoms with E-state index in [4.69, 9.17) is 0 Å². The zero-order chi connectivity index (χ0) is 13.5. The van der Waals surface area contributed by atoms with Crippen molar-refractivity contribution in [2.45, 2.75) is 26.2 Å². The Morgan fingerprint density at radius 1 is 1.33 bits per heavy atom. The maximum atomic E-state index is 11.7. The van der Waals surface area contributed by atoms with E-state index in [1.807, 2.05) is 24.3 Å². The molecule has 18 heavy (non-hydrogen) atoms. The second kappa shape index (κ2) is 6.79. The van der Waals surface area contributed by atoms with Crippen molar-refractivity contribution in [1.29, 1.82) is 0 Å². The minimum atomic E-state index is -0.200. The maximum Gasteiger partial charge on any atom is 0.321 e. The van der Waals surface area contributed by atoms with Gasteiger partial charge in [0.1, 0.15) is 6.29 Å². The lowest BCUT2D eigenvalue weighted by atomic mass is 10.0. The molecule has 0 radical (unpaired) electrons. The van der Waals surface area contributed by atoms with E-state index in [1.165, 1.54) is 5.56 Å². The summed E-state index contributed by atoms with van der Waals surface area (Å²) in [6.45, 7) is 4.64. The molecule has 98 valence electrons. The van der Waals surface area contributed by atoms with Gasteiger partial charge in [0.25, 0.3) is 0 Å². The largest absolute Gasteiger partial charge is 0.341 e. The quantitative estimate of drug-likeness (QED) is 0.814. The lowest BCUT2D eigenvalue weighted by Gasteiger charge is -2.21. The van der Waals surface area contributed by atoms with Crippen LogP contribution in [0.15, 0.2) is 24.3 Å². The van der Waals surface area contributed by atoms with Crippen molar-refractivity contribution < 1.29 is 9.59 Å². The molecular weight excluding hydrogens is 228 g/mol. The maximum absolute atomic E-state index is 11.7. The zero-order valence-corrected chi connectivity index (χ0v) is 11.1. The number of benzene rings is 1. The fourth-order valence-electron chi connectivity index (χ4n) is 1.70. The molecule has 0 aliphatic carbocycles. The van der Waals surface area contributed by atoms with E-state index < -0.39 is 0 Å². The first-order valence-electron chi connectivity index (χ1n) is 6.13. The van der Waals surface area contributed by atoms with Gasteiger partial charge in [0, 0.05) is 25.7 Å². The lowest BCUT2D eigenvalue weighted by Crippen LogP contribution is -2.38. The van der Waals surface area contributed by atoms with Gasteiger partial charge in [-0.3, -0.25) is 4.90 Å². The Kier molecular flexibility index (Phi) is 5.36. The van der Waals surface area contributed by atoms with Gasteiger partial charge in [-0.1, -0.05) is 26.0 Å². The van der Waals surface area contributed by atoms with Crippen LogP contribution in [-0.2, 0) is 4.79 Å². The summed E-state index contributed by atoms with van der Waals surface area (Å²) in [5.74, 6) is 0.461. The number of anilines is 1. The van der Waals surface area contributed by atoms with Gasteiger partial charge in [0.05, 0.1) is 0 Å². The highest BCUT2D eigenvalue weighted by molar-refractivity contribution is 5.92. The van der Waals surface area contributed by atoms with Gasteiger partial charge >= 0.3 is 6.03 Å². The van der Waals surface area contributed by atoms with Gasteiger partial charge in [0.15, 0.2) is 0 Å². The van der Waals surface area contributed by atoms with E-state index in [2.05, 4.69) is 19.2 Å². The van der Waals surface area contributed by atoms with Crippen LogP contribution < -0.4 is 10.2 Å². The highest BCUT2D eigenvalue weighted by Gasteiger charge is 2.13. The summed E-state index contributed by atoms with van der Waals surface area (Å²) in [6, 6.07) is 7.65. The van der Waals surface area contributed by atoms with E-state index in [1.54, 1.807) is 11.9 Å². The minimum absolute atomic E-state index is 0.200. The van der Waals surface area contributed by atoms with E-state index in [9.17, 15) is 9.59 Å². The number of hydrogen-bond donors (Lipinski definition) is 1. The molecule has 0 aliphatic heterocycles. The molecule has 0 fully saturated rings. The third-order valence-electron chi connectivity index (χ3n) is 2.80. The van der Waals surface area contributed by atoms with Crippen molar-refractivity contribution in [3.8, 4) is 0 Å². The van der Waals surface area contributed by atoms with Crippen LogP contribution in [0.1, 0.15) is 31.7 Å². The predicted octanol–water partition coefficient (Wildman–Crippen LogP) is 2.54. The third kappa shape index (κ3) is 3.58. The first-order valence-corrected chi connectivity index (χ1v) is 6.13. The summed E-state index contributed by atoms with van der Waals surface area (Å²) in [5, 5.41) is 2.58. The minimum Gasteiger partial charge on any atom is -0.341 e. The molecule has 0 bridgehead atoms. The molecule has 2 amide bonds. The second-order valence-electron chi connectivity index (χ2n) is 4.41.